The molecule has 0 amide bonds. The summed E-state index contributed by atoms with van der Waals surface area (Å²) in [6.07, 6.45) is 5.58. The van der Waals surface area contributed by atoms with Crippen molar-refractivity contribution in [3.05, 3.63) is 52.2 Å². The van der Waals surface area contributed by atoms with Crippen molar-refractivity contribution >= 4 is 23.0 Å². The minimum absolute atomic E-state index is 0.134. The Morgan fingerprint density at radius 3 is 2.74 bits per heavy atom. The van der Waals surface area contributed by atoms with E-state index in [1.54, 1.807) is 6.07 Å². The van der Waals surface area contributed by atoms with E-state index in [2.05, 4.69) is 17.1 Å². The highest BCUT2D eigenvalue weighted by molar-refractivity contribution is 6.31. The quantitative estimate of drug-likeness (QED) is 0.769. The largest absolute Gasteiger partial charge is 0.377 e. The van der Waals surface area contributed by atoms with E-state index in [-0.39, 0.29) is 5.78 Å². The molecule has 0 radical (unpaired) electrons. The van der Waals surface area contributed by atoms with Gasteiger partial charge in [0, 0.05) is 36.8 Å². The zero-order chi connectivity index (χ0) is 14.0. The van der Waals surface area contributed by atoms with Gasteiger partial charge in [-0.25, -0.2) is 0 Å². The van der Waals surface area contributed by atoms with Crippen LogP contribution >= 0.6 is 11.6 Å². The molecule has 100 valence electrons. The van der Waals surface area contributed by atoms with Gasteiger partial charge in [0.2, 0.25) is 0 Å². The number of carbonyl (C=O) groups excluding carboxylic acids is 1. The Balaban J connectivity index is 2.57. The summed E-state index contributed by atoms with van der Waals surface area (Å²) in [5.74, 6) is 0.134. The lowest BCUT2D eigenvalue weighted by molar-refractivity contribution is 0.0988. The van der Waals surface area contributed by atoms with Crippen molar-refractivity contribution in [3.8, 4) is 0 Å². The van der Waals surface area contributed by atoms with Gasteiger partial charge >= 0.3 is 0 Å². The second-order valence-corrected chi connectivity index (χ2v) is 5.27. The third-order valence-electron chi connectivity index (χ3n) is 3.32. The lowest BCUT2D eigenvalue weighted by atomic mass is 9.94. The zero-order valence-corrected chi connectivity index (χ0v) is 12.3. The molecule has 3 heteroatoms. The van der Waals surface area contributed by atoms with E-state index in [0.717, 1.165) is 23.2 Å². The van der Waals surface area contributed by atoms with Gasteiger partial charge < -0.3 is 4.90 Å². The maximum atomic E-state index is 12.1. The van der Waals surface area contributed by atoms with E-state index >= 15 is 0 Å². The van der Waals surface area contributed by atoms with E-state index < -0.39 is 0 Å². The lowest BCUT2D eigenvalue weighted by Crippen LogP contribution is -2.11. The van der Waals surface area contributed by atoms with Gasteiger partial charge in [-0.3, -0.25) is 4.79 Å². The predicted octanol–water partition coefficient (Wildman–Crippen LogP) is 4.17. The maximum Gasteiger partial charge on any atom is 0.163 e. The maximum absolute atomic E-state index is 12.1. The highest BCUT2D eigenvalue weighted by atomic mass is 35.5. The number of likely N-dealkylation sites (N-methyl/N-ethyl adjacent to an activating group) is 1. The van der Waals surface area contributed by atoms with Gasteiger partial charge in [-0.2, -0.15) is 0 Å². The fourth-order valence-corrected chi connectivity index (χ4v) is 2.53. The van der Waals surface area contributed by atoms with E-state index in [1.807, 2.05) is 33.2 Å². The number of rotatable bonds is 4. The molecule has 0 atom stereocenters. The van der Waals surface area contributed by atoms with Crippen molar-refractivity contribution in [3.63, 3.8) is 0 Å². The monoisotopic (exact) mass is 275 g/mol. The standard InChI is InChI=1S/C16H18ClNO/c1-4-16(19)14-10-11(17)8-9-12(14)13-6-5-7-15(13)18(2)3/h5,7-10H,4,6H2,1-3H3. The van der Waals surface area contributed by atoms with Crippen LogP contribution in [0, 0.1) is 0 Å². The van der Waals surface area contributed by atoms with E-state index in [0.29, 0.717) is 11.4 Å². The first-order valence-corrected chi connectivity index (χ1v) is 6.82. The highest BCUT2D eigenvalue weighted by Gasteiger charge is 2.19. The Kier molecular flexibility index (Phi) is 4.11. The van der Waals surface area contributed by atoms with Gasteiger partial charge in [0.25, 0.3) is 0 Å². The summed E-state index contributed by atoms with van der Waals surface area (Å²) >= 11 is 6.03. The van der Waals surface area contributed by atoms with Crippen LogP contribution in [0.15, 0.2) is 36.0 Å². The molecule has 0 aliphatic heterocycles. The molecule has 0 saturated heterocycles. The smallest absolute Gasteiger partial charge is 0.163 e. The first kappa shape index (κ1) is 13.9. The van der Waals surface area contributed by atoms with Gasteiger partial charge in [-0.15, -0.1) is 0 Å². The number of carbonyl (C=O) groups is 1. The Morgan fingerprint density at radius 2 is 2.11 bits per heavy atom. The SMILES string of the molecule is CCC(=O)c1cc(Cl)ccc1C1=C(N(C)C)C=CC1. The first-order valence-electron chi connectivity index (χ1n) is 6.44. The summed E-state index contributed by atoms with van der Waals surface area (Å²) in [4.78, 5) is 14.2. The molecule has 1 aliphatic carbocycles. The van der Waals surface area contributed by atoms with Crippen LogP contribution < -0.4 is 0 Å². The molecule has 0 heterocycles. The average Bonchev–Trinajstić information content (AvgIpc) is 2.87. The van der Waals surface area contributed by atoms with E-state index in [1.165, 1.54) is 5.57 Å². The Morgan fingerprint density at radius 1 is 1.37 bits per heavy atom. The predicted molar refractivity (Wildman–Crippen MR) is 80.4 cm³/mol. The fourth-order valence-electron chi connectivity index (χ4n) is 2.36. The number of ketones is 1. The van der Waals surface area contributed by atoms with Crippen LogP contribution in [0.2, 0.25) is 5.02 Å². The van der Waals surface area contributed by atoms with Crippen molar-refractivity contribution in [2.75, 3.05) is 14.1 Å². The Bertz CT molecular complexity index is 570. The van der Waals surface area contributed by atoms with Crippen LogP contribution in [0.3, 0.4) is 0 Å². The minimum Gasteiger partial charge on any atom is -0.377 e. The van der Waals surface area contributed by atoms with Gasteiger partial charge in [0.1, 0.15) is 0 Å². The third kappa shape index (κ3) is 2.74. The average molecular weight is 276 g/mol. The summed E-state index contributed by atoms with van der Waals surface area (Å²) in [5, 5.41) is 0.610. The molecule has 0 N–H and O–H groups in total. The molecule has 1 aromatic rings. The van der Waals surface area contributed by atoms with Crippen molar-refractivity contribution in [2.45, 2.75) is 19.8 Å². The van der Waals surface area contributed by atoms with Gasteiger partial charge in [-0.1, -0.05) is 30.7 Å². The molecule has 0 spiro atoms. The summed E-state index contributed by atoms with van der Waals surface area (Å²) in [5.41, 5.74) is 4.09. The van der Waals surface area contributed by atoms with Crippen LogP contribution in [0.25, 0.3) is 5.57 Å². The topological polar surface area (TPSA) is 20.3 Å². The fraction of sp³-hybridized carbons (Fsp3) is 0.312. The van der Waals surface area contributed by atoms with Crippen LogP contribution in [-0.4, -0.2) is 24.8 Å². The summed E-state index contributed by atoms with van der Waals surface area (Å²) in [7, 11) is 4.03. The molecule has 0 bridgehead atoms. The van der Waals surface area contributed by atoms with Gasteiger partial charge in [0.15, 0.2) is 5.78 Å². The highest BCUT2D eigenvalue weighted by Crippen LogP contribution is 2.33. The molecule has 0 saturated carbocycles. The minimum atomic E-state index is 0.134. The van der Waals surface area contributed by atoms with Crippen LogP contribution in [0.1, 0.15) is 35.7 Å². The number of hydrogen-bond donors (Lipinski definition) is 0. The first-order chi connectivity index (χ1) is 9.04. The molecule has 0 aromatic heterocycles. The summed E-state index contributed by atoms with van der Waals surface area (Å²) in [6.45, 7) is 1.88. The normalized spacial score (nSPS) is 14.1. The second-order valence-electron chi connectivity index (χ2n) is 4.83. The molecule has 1 aromatic carbocycles. The van der Waals surface area contributed by atoms with Crippen molar-refractivity contribution in [1.82, 2.24) is 4.90 Å². The number of halogens is 1. The number of Topliss-reactive ketones (excluding diaryl/α,β-unsaturated/α-hetero) is 1. The van der Waals surface area contributed by atoms with Crippen LogP contribution in [0.4, 0.5) is 0 Å². The number of benzene rings is 1. The summed E-state index contributed by atoms with van der Waals surface area (Å²) < 4.78 is 0. The van der Waals surface area contributed by atoms with Crippen molar-refractivity contribution in [2.24, 2.45) is 0 Å². The lowest BCUT2D eigenvalue weighted by Gasteiger charge is -2.18. The zero-order valence-electron chi connectivity index (χ0n) is 11.5. The summed E-state index contributed by atoms with van der Waals surface area (Å²) in [6, 6.07) is 5.58. The number of hydrogen-bond acceptors (Lipinski definition) is 2. The van der Waals surface area contributed by atoms with Crippen LogP contribution in [0.5, 0.6) is 0 Å². The Labute approximate surface area is 119 Å². The molecule has 0 fully saturated rings. The van der Waals surface area contributed by atoms with Crippen molar-refractivity contribution < 1.29 is 4.79 Å². The van der Waals surface area contributed by atoms with E-state index in [4.69, 9.17) is 11.6 Å². The van der Waals surface area contributed by atoms with Crippen LogP contribution in [-0.2, 0) is 0 Å². The molecule has 1 aliphatic rings. The van der Waals surface area contributed by atoms with Crippen molar-refractivity contribution in [1.29, 1.82) is 0 Å². The van der Waals surface area contributed by atoms with E-state index in [9.17, 15) is 4.79 Å². The molecular weight excluding hydrogens is 258 g/mol. The molecule has 2 rings (SSSR count). The molecule has 0 unspecified atom stereocenters. The molecule has 2 nitrogen and oxygen atoms in total. The number of allylic oxidation sites excluding steroid dienone is 3. The molecular formula is C16H18ClNO. The Hall–Kier alpha value is -1.54. The van der Waals surface area contributed by atoms with Gasteiger partial charge in [0.05, 0.1) is 0 Å². The molecule has 19 heavy (non-hydrogen) atoms. The van der Waals surface area contributed by atoms with Gasteiger partial charge in [-0.05, 0) is 35.8 Å². The second kappa shape index (κ2) is 5.62. The number of nitrogens with zero attached hydrogens (tertiary/aromatic N) is 1. The third-order valence-corrected chi connectivity index (χ3v) is 3.55.